The number of hydrogen-bond acceptors (Lipinski definition) is 6. The van der Waals surface area contributed by atoms with Crippen molar-refractivity contribution in [3.63, 3.8) is 0 Å². The normalized spacial score (nSPS) is 11.8. The average Bonchev–Trinajstić information content (AvgIpc) is 3.50. The van der Waals surface area contributed by atoms with E-state index in [9.17, 15) is 14.7 Å². The van der Waals surface area contributed by atoms with Gasteiger partial charge in [0.2, 0.25) is 0 Å². The van der Waals surface area contributed by atoms with Crippen LogP contribution in [0.25, 0.3) is 0 Å². The van der Waals surface area contributed by atoms with Gasteiger partial charge in [0.25, 0.3) is 5.91 Å². The average molecular weight is 456 g/mol. The molecule has 33 heavy (non-hydrogen) atoms. The van der Waals surface area contributed by atoms with E-state index in [0.717, 1.165) is 11.3 Å². The van der Waals surface area contributed by atoms with Gasteiger partial charge >= 0.3 is 5.97 Å². The predicted octanol–water partition coefficient (Wildman–Crippen LogP) is 2.65. The molecule has 2 heterocycles. The third-order valence-corrected chi connectivity index (χ3v) is 5.47. The van der Waals surface area contributed by atoms with Crippen molar-refractivity contribution in [3.05, 3.63) is 59.7 Å². The van der Waals surface area contributed by atoms with Crippen LogP contribution in [0.1, 0.15) is 41.5 Å². The van der Waals surface area contributed by atoms with Gasteiger partial charge in [-0.2, -0.15) is 10.2 Å². The maximum absolute atomic E-state index is 13.4. The maximum Gasteiger partial charge on any atom is 0.328 e. The maximum atomic E-state index is 13.4. The Balaban J connectivity index is 1.83. The Morgan fingerprint density at radius 2 is 1.91 bits per heavy atom. The van der Waals surface area contributed by atoms with E-state index in [-0.39, 0.29) is 5.91 Å². The number of carbonyl (C=O) groups is 2. The van der Waals surface area contributed by atoms with Gasteiger partial charge in [-0.05, 0) is 44.0 Å². The lowest BCUT2D eigenvalue weighted by Gasteiger charge is -2.23. The first-order chi connectivity index (χ1) is 15.9. The van der Waals surface area contributed by atoms with Gasteiger partial charge in [0.1, 0.15) is 6.04 Å². The molecule has 0 bridgehead atoms. The van der Waals surface area contributed by atoms with Crippen LogP contribution in [0.5, 0.6) is 11.5 Å². The summed E-state index contributed by atoms with van der Waals surface area (Å²) in [5.74, 6) is 0.0132. The molecule has 0 aliphatic heterocycles. The lowest BCUT2D eigenvalue weighted by Crippen LogP contribution is -2.33. The van der Waals surface area contributed by atoms with E-state index in [1.54, 1.807) is 25.3 Å². The second-order valence-corrected chi connectivity index (χ2v) is 7.53. The van der Waals surface area contributed by atoms with Gasteiger partial charge in [-0.1, -0.05) is 6.07 Å². The molecular formula is C23H29N5O5. The number of aromatic nitrogens is 4. The number of carboxylic acids is 1. The molecule has 3 aromatic rings. The van der Waals surface area contributed by atoms with E-state index in [2.05, 4.69) is 10.2 Å². The summed E-state index contributed by atoms with van der Waals surface area (Å²) in [5.41, 5.74) is 2.23. The minimum absolute atomic E-state index is 0.233. The zero-order valence-electron chi connectivity index (χ0n) is 19.3. The molecule has 0 saturated heterocycles. The van der Waals surface area contributed by atoms with Crippen molar-refractivity contribution in [1.82, 2.24) is 24.5 Å². The molecule has 0 fully saturated rings. The summed E-state index contributed by atoms with van der Waals surface area (Å²) in [6.45, 7) is 4.98. The van der Waals surface area contributed by atoms with Crippen LogP contribution < -0.4 is 9.47 Å². The van der Waals surface area contributed by atoms with E-state index in [1.165, 1.54) is 24.0 Å². The molecule has 10 heteroatoms. The number of aliphatic carboxylic acids is 1. The van der Waals surface area contributed by atoms with Gasteiger partial charge in [-0.3, -0.25) is 14.2 Å². The number of carbonyl (C=O) groups excluding carboxylic acids is 1. The highest BCUT2D eigenvalue weighted by atomic mass is 16.5. The van der Waals surface area contributed by atoms with Crippen LogP contribution >= 0.6 is 0 Å². The molecule has 1 unspecified atom stereocenters. The lowest BCUT2D eigenvalue weighted by atomic mass is 10.1. The number of benzene rings is 1. The van der Waals surface area contributed by atoms with Crippen molar-refractivity contribution in [2.75, 3.05) is 20.8 Å². The van der Waals surface area contributed by atoms with Crippen molar-refractivity contribution in [3.8, 4) is 11.5 Å². The minimum atomic E-state index is -1.02. The molecule has 1 N–H and O–H groups in total. The lowest BCUT2D eigenvalue weighted by molar-refractivity contribution is -0.140. The molecule has 0 aliphatic rings. The molecule has 0 spiro atoms. The highest BCUT2D eigenvalue weighted by Crippen LogP contribution is 2.28. The summed E-state index contributed by atoms with van der Waals surface area (Å²) < 4.78 is 13.8. The zero-order valence-corrected chi connectivity index (χ0v) is 19.3. The fourth-order valence-corrected chi connectivity index (χ4v) is 3.48. The summed E-state index contributed by atoms with van der Waals surface area (Å²) in [6.07, 6.45) is 5.18. The second kappa shape index (κ2) is 10.7. The van der Waals surface area contributed by atoms with Gasteiger partial charge in [0.05, 0.1) is 38.2 Å². The fourth-order valence-electron chi connectivity index (χ4n) is 3.48. The third-order valence-electron chi connectivity index (χ3n) is 5.47. The van der Waals surface area contributed by atoms with Gasteiger partial charge in [0, 0.05) is 25.5 Å². The van der Waals surface area contributed by atoms with E-state index in [4.69, 9.17) is 9.47 Å². The Labute approximate surface area is 192 Å². The Bertz CT molecular complexity index is 1110. The Kier molecular flexibility index (Phi) is 7.70. The quantitative estimate of drug-likeness (QED) is 0.473. The number of amides is 1. The van der Waals surface area contributed by atoms with Crippen LogP contribution in [0.15, 0.2) is 42.9 Å². The van der Waals surface area contributed by atoms with Crippen LogP contribution in [0, 0.1) is 0 Å². The van der Waals surface area contributed by atoms with Crippen LogP contribution in [0.2, 0.25) is 0 Å². The first-order valence-corrected chi connectivity index (χ1v) is 10.7. The molecule has 0 saturated carbocycles. The molecule has 3 rings (SSSR count). The number of methoxy groups -OCH3 is 2. The number of carboxylic acid groups (broad SMARTS) is 1. The Morgan fingerprint density at radius 1 is 1.15 bits per heavy atom. The number of hydrogen-bond donors (Lipinski definition) is 1. The van der Waals surface area contributed by atoms with Crippen molar-refractivity contribution in [1.29, 1.82) is 0 Å². The van der Waals surface area contributed by atoms with Gasteiger partial charge in [-0.15, -0.1) is 0 Å². The van der Waals surface area contributed by atoms with E-state index < -0.39 is 12.0 Å². The van der Waals surface area contributed by atoms with Gasteiger partial charge in [0.15, 0.2) is 11.5 Å². The van der Waals surface area contributed by atoms with Crippen molar-refractivity contribution in [2.24, 2.45) is 0 Å². The second-order valence-electron chi connectivity index (χ2n) is 7.53. The molecular weight excluding hydrogens is 426 g/mol. The molecule has 1 aromatic carbocycles. The molecule has 0 radical (unpaired) electrons. The van der Waals surface area contributed by atoms with Crippen LogP contribution in [-0.2, 0) is 24.3 Å². The Morgan fingerprint density at radius 3 is 2.58 bits per heavy atom. The summed E-state index contributed by atoms with van der Waals surface area (Å²) >= 11 is 0. The first-order valence-electron chi connectivity index (χ1n) is 10.7. The van der Waals surface area contributed by atoms with Gasteiger partial charge in [-0.25, -0.2) is 4.79 Å². The number of nitrogens with zero attached hydrogens (tertiary/aromatic N) is 5. The minimum Gasteiger partial charge on any atom is -0.493 e. The van der Waals surface area contributed by atoms with Crippen LogP contribution in [0.4, 0.5) is 0 Å². The monoisotopic (exact) mass is 455 g/mol. The standard InChI is InChI=1S/C23H29N5O5/c1-5-27-19(8-10-24-27)15-26(11-9-17-6-7-20(32-3)21(12-17)33-4)22(29)18-13-25-28(14-18)16(2)23(30)31/h6-8,10,12-14,16H,5,9,11,15H2,1-4H3,(H,30,31). The first kappa shape index (κ1) is 23.8. The van der Waals surface area contributed by atoms with Crippen LogP contribution in [0.3, 0.4) is 0 Å². The Hall–Kier alpha value is -3.82. The number of rotatable bonds is 11. The van der Waals surface area contributed by atoms with Gasteiger partial charge < -0.3 is 19.5 Å². The molecule has 10 nitrogen and oxygen atoms in total. The number of ether oxygens (including phenoxy) is 2. The van der Waals surface area contributed by atoms with E-state index >= 15 is 0 Å². The molecule has 1 amide bonds. The smallest absolute Gasteiger partial charge is 0.328 e. The SMILES string of the molecule is CCn1nccc1CN(CCc1ccc(OC)c(OC)c1)C(=O)c1cnn(C(C)C(=O)O)c1. The van der Waals surface area contributed by atoms with Crippen molar-refractivity contribution >= 4 is 11.9 Å². The third kappa shape index (κ3) is 5.51. The molecule has 0 aliphatic carbocycles. The molecule has 1 atom stereocenters. The largest absolute Gasteiger partial charge is 0.493 e. The number of aryl methyl sites for hydroxylation is 1. The summed E-state index contributed by atoms with van der Waals surface area (Å²) in [6, 6.07) is 6.69. The van der Waals surface area contributed by atoms with E-state index in [0.29, 0.717) is 43.1 Å². The van der Waals surface area contributed by atoms with Crippen LogP contribution in [-0.4, -0.2) is 62.2 Å². The molecule has 2 aromatic heterocycles. The zero-order chi connectivity index (χ0) is 24.0. The summed E-state index contributed by atoms with van der Waals surface area (Å²) in [5, 5.41) is 17.6. The topological polar surface area (TPSA) is 112 Å². The summed E-state index contributed by atoms with van der Waals surface area (Å²) in [4.78, 5) is 26.4. The highest BCUT2D eigenvalue weighted by Gasteiger charge is 2.22. The summed E-state index contributed by atoms with van der Waals surface area (Å²) in [7, 11) is 3.17. The van der Waals surface area contributed by atoms with Crippen molar-refractivity contribution in [2.45, 2.75) is 39.4 Å². The van der Waals surface area contributed by atoms with Crippen molar-refractivity contribution < 1.29 is 24.2 Å². The van der Waals surface area contributed by atoms with E-state index in [1.807, 2.05) is 35.9 Å². The predicted molar refractivity (Wildman–Crippen MR) is 120 cm³/mol. The fraction of sp³-hybridized carbons (Fsp3) is 0.391. The highest BCUT2D eigenvalue weighted by molar-refractivity contribution is 5.93. The molecule has 176 valence electrons.